The topological polar surface area (TPSA) is 121 Å². The zero-order chi connectivity index (χ0) is 24.3. The number of fused-ring (bicyclic) bond motifs is 5. The van der Waals surface area contributed by atoms with E-state index in [-0.39, 0.29) is 42.1 Å². The van der Waals surface area contributed by atoms with Crippen LogP contribution in [0.15, 0.2) is 12.2 Å². The Bertz CT molecular complexity index is 742. The van der Waals surface area contributed by atoms with Crippen LogP contribution in [-0.2, 0) is 0 Å². The second kappa shape index (κ2) is 8.86. The maximum atomic E-state index is 12.3. The molecule has 6 nitrogen and oxygen atoms in total. The van der Waals surface area contributed by atoms with Gasteiger partial charge in [-0.1, -0.05) is 39.8 Å². The molecule has 13 atom stereocenters. The summed E-state index contributed by atoms with van der Waals surface area (Å²) >= 11 is 0. The van der Waals surface area contributed by atoms with Crippen LogP contribution in [0.2, 0.25) is 0 Å². The highest BCUT2D eigenvalue weighted by atomic mass is 16.3. The van der Waals surface area contributed by atoms with Gasteiger partial charge < -0.3 is 30.6 Å². The Kier molecular flexibility index (Phi) is 6.87. The first kappa shape index (κ1) is 25.6. The van der Waals surface area contributed by atoms with E-state index in [1.165, 1.54) is 0 Å². The van der Waals surface area contributed by atoms with E-state index in [2.05, 4.69) is 39.8 Å². The molecule has 33 heavy (non-hydrogen) atoms. The predicted molar refractivity (Wildman–Crippen MR) is 126 cm³/mol. The third-order valence-electron chi connectivity index (χ3n) is 10.8. The summed E-state index contributed by atoms with van der Waals surface area (Å²) in [5.74, 6) is -0.148. The number of hydrogen-bond acceptors (Lipinski definition) is 6. The van der Waals surface area contributed by atoms with E-state index < -0.39 is 41.3 Å². The third-order valence-corrected chi connectivity index (χ3v) is 10.8. The van der Waals surface area contributed by atoms with Crippen LogP contribution in [0.5, 0.6) is 0 Å². The first-order valence-corrected chi connectivity index (χ1v) is 13.1. The van der Waals surface area contributed by atoms with Gasteiger partial charge in [-0.25, -0.2) is 0 Å². The van der Waals surface area contributed by atoms with Gasteiger partial charge in [-0.3, -0.25) is 0 Å². The summed E-state index contributed by atoms with van der Waals surface area (Å²) in [5.41, 5.74) is -1.92. The Labute approximate surface area is 198 Å². The molecule has 4 rings (SSSR count). The average Bonchev–Trinajstić information content (AvgIpc) is 3.00. The molecule has 0 heterocycles. The lowest BCUT2D eigenvalue weighted by Gasteiger charge is -2.66. The fourth-order valence-corrected chi connectivity index (χ4v) is 9.25. The van der Waals surface area contributed by atoms with Gasteiger partial charge in [0, 0.05) is 24.9 Å². The van der Waals surface area contributed by atoms with Gasteiger partial charge in [0.2, 0.25) is 0 Å². The van der Waals surface area contributed by atoms with Crippen LogP contribution in [-0.4, -0.2) is 67.3 Å². The highest BCUT2D eigenvalue weighted by Gasteiger charge is 2.71. The summed E-state index contributed by atoms with van der Waals surface area (Å²) in [6.07, 6.45) is 5.34. The highest BCUT2D eigenvalue weighted by molar-refractivity contribution is 5.21. The van der Waals surface area contributed by atoms with Crippen molar-refractivity contribution in [3.05, 3.63) is 12.2 Å². The second-order valence-corrected chi connectivity index (χ2v) is 12.6. The van der Waals surface area contributed by atoms with Gasteiger partial charge in [-0.15, -0.1) is 0 Å². The SMILES string of the molecule is CC(/C=C/C(C)C1C[C@@H](O)C2[C@]1(C)CCC1[C@@]3(C)CC[C@H](O)C(O)C3C(O)C[C@]12O)CCO. The fraction of sp³-hybridized carbons (Fsp3) is 0.926. The number of aliphatic hydroxyl groups is 6. The summed E-state index contributed by atoms with van der Waals surface area (Å²) in [4.78, 5) is 0. The van der Waals surface area contributed by atoms with Crippen molar-refractivity contribution < 1.29 is 30.6 Å². The van der Waals surface area contributed by atoms with Gasteiger partial charge in [-0.05, 0) is 73.0 Å². The molecule has 4 saturated carbocycles. The molecular weight excluding hydrogens is 420 g/mol. The molecule has 0 spiro atoms. The second-order valence-electron chi connectivity index (χ2n) is 12.6. The van der Waals surface area contributed by atoms with Crippen molar-refractivity contribution in [2.45, 2.75) is 103 Å². The van der Waals surface area contributed by atoms with E-state index in [9.17, 15) is 30.6 Å². The molecule has 0 aliphatic heterocycles. The maximum Gasteiger partial charge on any atom is 0.0857 e. The maximum absolute atomic E-state index is 12.3. The lowest BCUT2D eigenvalue weighted by molar-refractivity contribution is -0.280. The first-order chi connectivity index (χ1) is 15.4. The van der Waals surface area contributed by atoms with Crippen molar-refractivity contribution in [3.8, 4) is 0 Å². The number of allylic oxidation sites excluding steroid dienone is 2. The fourth-order valence-electron chi connectivity index (χ4n) is 9.25. The lowest BCUT2D eigenvalue weighted by Crippen LogP contribution is -2.70. The molecule has 190 valence electrons. The molecule has 0 aromatic rings. The van der Waals surface area contributed by atoms with Crippen molar-refractivity contribution >= 4 is 0 Å². The molecule has 0 bridgehead atoms. The largest absolute Gasteiger partial charge is 0.396 e. The van der Waals surface area contributed by atoms with Gasteiger partial charge in [0.1, 0.15) is 0 Å². The van der Waals surface area contributed by atoms with Gasteiger partial charge in [0.05, 0.1) is 30.0 Å². The highest BCUT2D eigenvalue weighted by Crippen LogP contribution is 2.69. The smallest absolute Gasteiger partial charge is 0.0857 e. The quantitative estimate of drug-likeness (QED) is 0.346. The van der Waals surface area contributed by atoms with Crippen molar-refractivity contribution in [3.63, 3.8) is 0 Å². The van der Waals surface area contributed by atoms with E-state index >= 15 is 0 Å². The van der Waals surface area contributed by atoms with Crippen LogP contribution in [0, 0.1) is 46.3 Å². The molecule has 8 unspecified atom stereocenters. The normalized spacial score (nSPS) is 53.9. The Hall–Kier alpha value is -0.500. The predicted octanol–water partition coefficient (Wildman–Crippen LogP) is 2.24. The zero-order valence-electron chi connectivity index (χ0n) is 20.8. The molecule has 6 heteroatoms. The molecule has 4 aliphatic carbocycles. The molecule has 0 amide bonds. The van der Waals surface area contributed by atoms with Gasteiger partial charge in [-0.2, -0.15) is 0 Å². The Morgan fingerprint density at radius 3 is 2.24 bits per heavy atom. The standard InChI is InChI=1S/C27H46O6/c1-15(9-12-28)5-6-16(2)17-13-19(30)24-25(17,3)11-8-21-26(4)10-7-18(29)23(32)22(26)20(31)14-27(21,24)33/h5-6,15-24,28-33H,7-14H2,1-4H3/b6-5+/t15?,16?,17?,18-,19+,20?,21?,22?,23?,24?,25+,26+,27-/m0/s1. The lowest BCUT2D eigenvalue weighted by atomic mass is 9.41. The molecule has 4 aliphatic rings. The summed E-state index contributed by atoms with van der Waals surface area (Å²) in [6, 6.07) is 0. The molecule has 0 saturated heterocycles. The summed E-state index contributed by atoms with van der Waals surface area (Å²) in [6.45, 7) is 8.74. The van der Waals surface area contributed by atoms with Crippen LogP contribution < -0.4 is 0 Å². The van der Waals surface area contributed by atoms with Gasteiger partial charge in [0.25, 0.3) is 0 Å². The summed E-state index contributed by atoms with van der Waals surface area (Å²) in [5, 5.41) is 65.1. The van der Waals surface area contributed by atoms with E-state index in [4.69, 9.17) is 0 Å². The monoisotopic (exact) mass is 466 g/mol. The minimum absolute atomic E-state index is 0.123. The van der Waals surface area contributed by atoms with Crippen LogP contribution >= 0.6 is 0 Å². The van der Waals surface area contributed by atoms with Crippen molar-refractivity contribution in [1.82, 2.24) is 0 Å². The van der Waals surface area contributed by atoms with Crippen LogP contribution in [0.1, 0.15) is 72.6 Å². The average molecular weight is 467 g/mol. The molecule has 4 fully saturated rings. The van der Waals surface area contributed by atoms with Crippen LogP contribution in [0.4, 0.5) is 0 Å². The number of hydrogen-bond donors (Lipinski definition) is 6. The van der Waals surface area contributed by atoms with Crippen LogP contribution in [0.25, 0.3) is 0 Å². The summed E-state index contributed by atoms with van der Waals surface area (Å²) in [7, 11) is 0. The Balaban J connectivity index is 1.64. The van der Waals surface area contributed by atoms with E-state index in [1.54, 1.807) is 0 Å². The molecule has 0 aromatic carbocycles. The van der Waals surface area contributed by atoms with Crippen molar-refractivity contribution in [2.75, 3.05) is 6.61 Å². The molecule has 6 N–H and O–H groups in total. The first-order valence-electron chi connectivity index (χ1n) is 13.1. The van der Waals surface area contributed by atoms with E-state index in [1.807, 2.05) is 0 Å². The Morgan fingerprint density at radius 2 is 1.58 bits per heavy atom. The molecule has 0 aromatic heterocycles. The zero-order valence-corrected chi connectivity index (χ0v) is 20.8. The van der Waals surface area contributed by atoms with Crippen molar-refractivity contribution in [2.24, 2.45) is 46.3 Å². The van der Waals surface area contributed by atoms with E-state index in [0.717, 1.165) is 19.3 Å². The van der Waals surface area contributed by atoms with Crippen LogP contribution in [0.3, 0.4) is 0 Å². The number of aliphatic hydroxyl groups excluding tert-OH is 5. The molecule has 0 radical (unpaired) electrons. The van der Waals surface area contributed by atoms with Gasteiger partial charge >= 0.3 is 0 Å². The minimum atomic E-state index is -1.19. The minimum Gasteiger partial charge on any atom is -0.396 e. The molecular formula is C27H46O6. The Morgan fingerprint density at radius 1 is 0.909 bits per heavy atom. The third kappa shape index (κ3) is 3.84. The number of rotatable bonds is 5. The summed E-state index contributed by atoms with van der Waals surface area (Å²) < 4.78 is 0. The van der Waals surface area contributed by atoms with E-state index in [0.29, 0.717) is 25.2 Å². The van der Waals surface area contributed by atoms with Crippen molar-refractivity contribution in [1.29, 1.82) is 0 Å². The van der Waals surface area contributed by atoms with Gasteiger partial charge in [0.15, 0.2) is 0 Å².